The third-order valence-electron chi connectivity index (χ3n) is 2.48. The highest BCUT2D eigenvalue weighted by atomic mass is 14.9. The molecule has 0 aromatic rings. The molecule has 0 spiro atoms. The van der Waals surface area contributed by atoms with Gasteiger partial charge < -0.3 is 0 Å². The molecule has 3 heteroatoms. The second kappa shape index (κ2) is 4.77. The van der Waals surface area contributed by atoms with Crippen molar-refractivity contribution in [3.05, 3.63) is 0 Å². The van der Waals surface area contributed by atoms with Crippen LogP contribution in [0.1, 0.15) is 34.6 Å². The van der Waals surface area contributed by atoms with Crippen LogP contribution >= 0.6 is 0 Å². The Balaban J connectivity index is 5.24. The Hall–Kier alpha value is -1.35. The predicted molar refractivity (Wildman–Crippen MR) is 56.7 cm³/mol. The summed E-state index contributed by atoms with van der Waals surface area (Å²) in [5.74, 6) is -0.515. The number of hydrogen-bond acceptors (Lipinski definition) is 3. The first-order valence-electron chi connectivity index (χ1n) is 4.70. The number of nitriles is 2. The van der Waals surface area contributed by atoms with Crippen molar-refractivity contribution < 1.29 is 0 Å². The summed E-state index contributed by atoms with van der Waals surface area (Å²) in [6.07, 6.45) is 0. The largest absolute Gasteiger partial charge is 0.286 e. The van der Waals surface area contributed by atoms with Crippen molar-refractivity contribution in [3.8, 4) is 12.1 Å². The molecule has 0 saturated carbocycles. The van der Waals surface area contributed by atoms with E-state index in [1.54, 1.807) is 0 Å². The van der Waals surface area contributed by atoms with Crippen LogP contribution in [-0.4, -0.2) is 11.3 Å². The number of nitrogens with zero attached hydrogens (tertiary/aromatic N) is 3. The molecule has 0 aliphatic carbocycles. The van der Waals surface area contributed by atoms with E-state index >= 15 is 0 Å². The smallest absolute Gasteiger partial charge is 0.158 e. The van der Waals surface area contributed by atoms with Crippen LogP contribution in [0.3, 0.4) is 0 Å². The molecule has 0 N–H and O–H groups in total. The zero-order valence-electron chi connectivity index (χ0n) is 9.50. The highest BCUT2D eigenvalue weighted by molar-refractivity contribution is 5.79. The van der Waals surface area contributed by atoms with Gasteiger partial charge in [0.25, 0.3) is 0 Å². The molecule has 0 heterocycles. The van der Waals surface area contributed by atoms with Gasteiger partial charge in [-0.15, -0.1) is 0 Å². The summed E-state index contributed by atoms with van der Waals surface area (Å²) in [5.41, 5.74) is 0.305. The van der Waals surface area contributed by atoms with E-state index in [-0.39, 0.29) is 5.92 Å². The molecular weight excluding hydrogens is 174 g/mol. The molecular formula is C11H17N3. The van der Waals surface area contributed by atoms with E-state index in [9.17, 15) is 0 Å². The van der Waals surface area contributed by atoms with E-state index < -0.39 is 11.5 Å². The van der Waals surface area contributed by atoms with Gasteiger partial charge in [-0.2, -0.15) is 10.5 Å². The maximum Gasteiger partial charge on any atom is 0.158 e. The normalized spacial score (nSPS) is 14.4. The van der Waals surface area contributed by atoms with Crippen LogP contribution in [0.2, 0.25) is 0 Å². The Bertz CT molecular complexity index is 285. The fourth-order valence-electron chi connectivity index (χ4n) is 1.30. The zero-order valence-corrected chi connectivity index (χ0v) is 9.50. The third kappa shape index (κ3) is 2.57. The molecule has 0 bridgehead atoms. The molecule has 14 heavy (non-hydrogen) atoms. The lowest BCUT2D eigenvalue weighted by atomic mass is 9.78. The summed E-state index contributed by atoms with van der Waals surface area (Å²) in [6.45, 7) is 9.59. The van der Waals surface area contributed by atoms with Crippen LogP contribution in [0.25, 0.3) is 0 Å². The second-order valence-corrected chi connectivity index (χ2v) is 4.13. The predicted octanol–water partition coefficient (Wildman–Crippen LogP) is 2.55. The van der Waals surface area contributed by atoms with Gasteiger partial charge in [0.05, 0.1) is 17.7 Å². The Morgan fingerprint density at radius 1 is 1.21 bits per heavy atom. The maximum absolute atomic E-state index is 8.88. The van der Waals surface area contributed by atoms with Crippen molar-refractivity contribution in [2.45, 2.75) is 40.2 Å². The fraction of sp³-hybridized carbons (Fsp3) is 0.727. The molecule has 0 aliphatic heterocycles. The summed E-state index contributed by atoms with van der Waals surface area (Å²) in [4.78, 5) is 4.42. The van der Waals surface area contributed by atoms with Gasteiger partial charge in [-0.3, -0.25) is 4.99 Å². The Morgan fingerprint density at radius 2 is 1.64 bits per heavy atom. The molecule has 1 unspecified atom stereocenters. The summed E-state index contributed by atoms with van der Waals surface area (Å²) >= 11 is 0. The highest BCUT2D eigenvalue weighted by Crippen LogP contribution is 2.30. The first kappa shape index (κ1) is 12.7. The van der Waals surface area contributed by atoms with Gasteiger partial charge >= 0.3 is 0 Å². The van der Waals surface area contributed by atoms with E-state index in [1.807, 2.05) is 46.8 Å². The van der Waals surface area contributed by atoms with E-state index in [1.165, 1.54) is 0 Å². The first-order chi connectivity index (χ1) is 6.38. The van der Waals surface area contributed by atoms with Crippen LogP contribution in [0.15, 0.2) is 4.99 Å². The van der Waals surface area contributed by atoms with Gasteiger partial charge in [-0.25, -0.2) is 0 Å². The van der Waals surface area contributed by atoms with Crippen molar-refractivity contribution in [3.63, 3.8) is 0 Å². The number of rotatable bonds is 3. The van der Waals surface area contributed by atoms with Gasteiger partial charge in [0.15, 0.2) is 5.92 Å². The highest BCUT2D eigenvalue weighted by Gasteiger charge is 2.37. The average molecular weight is 191 g/mol. The Kier molecular flexibility index (Phi) is 4.31. The lowest BCUT2D eigenvalue weighted by Gasteiger charge is -2.30. The van der Waals surface area contributed by atoms with Crippen LogP contribution in [0, 0.1) is 34.5 Å². The molecule has 0 rings (SSSR count). The molecule has 0 amide bonds. The van der Waals surface area contributed by atoms with Gasteiger partial charge in [0, 0.05) is 5.71 Å². The topological polar surface area (TPSA) is 59.9 Å². The van der Waals surface area contributed by atoms with E-state index in [4.69, 9.17) is 10.5 Å². The quantitative estimate of drug-likeness (QED) is 0.643. The SMILES string of the molecule is CC(C)=NC(C)(C(C)C)C(C#N)C#N. The Morgan fingerprint density at radius 3 is 1.86 bits per heavy atom. The molecule has 0 fully saturated rings. The minimum Gasteiger partial charge on any atom is -0.286 e. The maximum atomic E-state index is 8.88. The van der Waals surface area contributed by atoms with Crippen molar-refractivity contribution >= 4 is 5.71 Å². The third-order valence-corrected chi connectivity index (χ3v) is 2.48. The lowest BCUT2D eigenvalue weighted by Crippen LogP contribution is -2.37. The minimum atomic E-state index is -0.683. The molecule has 76 valence electrons. The van der Waals surface area contributed by atoms with Crippen LogP contribution in [-0.2, 0) is 0 Å². The average Bonchev–Trinajstić information content (AvgIpc) is 2.04. The van der Waals surface area contributed by atoms with Gasteiger partial charge in [-0.1, -0.05) is 13.8 Å². The second-order valence-electron chi connectivity index (χ2n) is 4.13. The summed E-state index contributed by atoms with van der Waals surface area (Å²) in [6, 6.07) is 4.02. The van der Waals surface area contributed by atoms with Crippen molar-refractivity contribution in [1.82, 2.24) is 0 Å². The molecule has 0 aliphatic rings. The van der Waals surface area contributed by atoms with Crippen molar-refractivity contribution in [1.29, 1.82) is 10.5 Å². The zero-order chi connectivity index (χ0) is 11.4. The van der Waals surface area contributed by atoms with Crippen molar-refractivity contribution in [2.75, 3.05) is 0 Å². The first-order valence-corrected chi connectivity index (χ1v) is 4.70. The molecule has 0 aromatic heterocycles. The van der Waals surface area contributed by atoms with Gasteiger partial charge in [0.2, 0.25) is 0 Å². The molecule has 1 atom stereocenters. The fourth-order valence-corrected chi connectivity index (χ4v) is 1.30. The van der Waals surface area contributed by atoms with Gasteiger partial charge in [0.1, 0.15) is 0 Å². The van der Waals surface area contributed by atoms with Crippen LogP contribution in [0.5, 0.6) is 0 Å². The summed E-state index contributed by atoms with van der Waals surface area (Å²) in [7, 11) is 0. The molecule has 0 saturated heterocycles. The van der Waals surface area contributed by atoms with Crippen LogP contribution in [0.4, 0.5) is 0 Å². The van der Waals surface area contributed by atoms with Crippen LogP contribution < -0.4 is 0 Å². The van der Waals surface area contributed by atoms with E-state index in [0.29, 0.717) is 0 Å². The molecule has 0 radical (unpaired) electrons. The van der Waals surface area contributed by atoms with E-state index in [2.05, 4.69) is 4.99 Å². The van der Waals surface area contributed by atoms with Gasteiger partial charge in [-0.05, 0) is 26.7 Å². The number of aliphatic imine (C=N–C) groups is 1. The lowest BCUT2D eigenvalue weighted by molar-refractivity contribution is 0.305. The summed E-state index contributed by atoms with van der Waals surface area (Å²) in [5, 5.41) is 17.8. The Labute approximate surface area is 86.1 Å². The monoisotopic (exact) mass is 191 g/mol. The number of hydrogen-bond donors (Lipinski definition) is 0. The van der Waals surface area contributed by atoms with E-state index in [0.717, 1.165) is 5.71 Å². The molecule has 0 aromatic carbocycles. The minimum absolute atomic E-state index is 0.168. The van der Waals surface area contributed by atoms with Crippen molar-refractivity contribution in [2.24, 2.45) is 16.8 Å². The standard InChI is InChI=1S/C11H17N3/c1-8(2)11(5,14-9(3)4)10(6-12)7-13/h8,10H,1-5H3. The summed E-state index contributed by atoms with van der Waals surface area (Å²) < 4.78 is 0. The molecule has 3 nitrogen and oxygen atoms in total.